The molecule has 6 amide bonds. The molecule has 0 aliphatic carbocycles. The standard InChI is InChI=1S/C59H84Cl4N10O11S2/c1-4-5-6-7-8-9-16-68-59(76)73(23-17-64-57(74)66-19-25-81-29-31-83-27-21-69-85(77,78)47-14-10-12-43(33-47)51-39-71(2)41-53-49(51)35-45(60)37-55(53)62)24-18-65-58(75)67-20-26-82-30-32-84-28-22-70-86(79,80)48-15-11-13-44(34-48)52-40-72(3)42-54-50(52)36-46(61)38-56(54)63/h10-15,33-38,51-52,69-70H,4-9,16-32,39-42H2,1-3H3,(H,68,76)(H2,64,66,74)(H2,65,67,75)/t51-,52-/m0/s1. The fourth-order valence-electron chi connectivity index (χ4n) is 10.1. The lowest BCUT2D eigenvalue weighted by atomic mass is 9.85. The number of halogens is 4. The molecule has 0 fully saturated rings. The molecule has 86 heavy (non-hydrogen) atoms. The molecule has 2 aliphatic heterocycles. The number of urea groups is 3. The Kier molecular flexibility index (Phi) is 30.2. The zero-order chi connectivity index (χ0) is 61.9. The molecule has 4 aromatic rings. The summed E-state index contributed by atoms with van der Waals surface area (Å²) in [6.45, 7) is 8.08. The van der Waals surface area contributed by atoms with Gasteiger partial charge in [-0.2, -0.15) is 0 Å². The number of unbranched alkanes of at least 4 members (excludes halogenated alkanes) is 5. The maximum absolute atomic E-state index is 13.2. The molecule has 4 aromatic carbocycles. The van der Waals surface area contributed by atoms with Gasteiger partial charge in [-0.05, 0) is 102 Å². The Morgan fingerprint density at radius 1 is 0.512 bits per heavy atom. The predicted molar refractivity (Wildman–Crippen MR) is 337 cm³/mol. The molecular weight excluding hydrogens is 1230 g/mol. The lowest BCUT2D eigenvalue weighted by Gasteiger charge is -2.33. The third kappa shape index (κ3) is 23.4. The Labute approximate surface area is 527 Å². The SMILES string of the molecule is CCCCCCCCNC(=O)N(CCNC(=O)NCCOCCOCCNS(=O)(=O)c1cccc([C@@H]2CN(C)Cc3c(Cl)cc(Cl)cc32)c1)CCNC(=O)NCCOCCOCCNS(=O)(=O)c1cccc([C@@H]2CN(C)Cc3c(Cl)cc(Cl)cc32)c1. The molecule has 476 valence electrons. The van der Waals surface area contributed by atoms with E-state index in [0.717, 1.165) is 65.5 Å². The van der Waals surface area contributed by atoms with Crippen LogP contribution in [0.25, 0.3) is 0 Å². The Morgan fingerprint density at radius 3 is 1.36 bits per heavy atom. The second-order valence-corrected chi connectivity index (χ2v) is 26.4. The molecular formula is C59H84Cl4N10O11S2. The van der Waals surface area contributed by atoms with Crippen LogP contribution in [0.5, 0.6) is 0 Å². The number of benzene rings is 4. The van der Waals surface area contributed by atoms with Crippen LogP contribution in [-0.2, 0) is 52.1 Å². The normalized spacial score (nSPS) is 15.4. The number of carbonyl (C=O) groups excluding carboxylic acids is 3. The van der Waals surface area contributed by atoms with E-state index in [1.807, 2.05) is 38.4 Å². The van der Waals surface area contributed by atoms with Crippen LogP contribution in [0.1, 0.15) is 90.7 Å². The first-order valence-electron chi connectivity index (χ1n) is 29.2. The predicted octanol–water partition coefficient (Wildman–Crippen LogP) is 7.75. The van der Waals surface area contributed by atoms with Gasteiger partial charge in [-0.1, -0.05) is 110 Å². The largest absolute Gasteiger partial charge is 0.378 e. The number of sulfonamides is 2. The highest BCUT2D eigenvalue weighted by atomic mass is 35.5. The van der Waals surface area contributed by atoms with E-state index in [9.17, 15) is 31.2 Å². The molecule has 0 radical (unpaired) electrons. The zero-order valence-electron chi connectivity index (χ0n) is 49.3. The monoisotopic (exact) mass is 1310 g/mol. The average molecular weight is 1320 g/mol. The van der Waals surface area contributed by atoms with Crippen molar-refractivity contribution in [1.29, 1.82) is 0 Å². The van der Waals surface area contributed by atoms with Crippen molar-refractivity contribution in [1.82, 2.24) is 50.7 Å². The minimum Gasteiger partial charge on any atom is -0.378 e. The second-order valence-electron chi connectivity index (χ2n) is 21.2. The summed E-state index contributed by atoms with van der Waals surface area (Å²) in [4.78, 5) is 44.5. The number of rotatable bonds is 37. The van der Waals surface area contributed by atoms with E-state index in [2.05, 4.69) is 52.8 Å². The highest BCUT2D eigenvalue weighted by Gasteiger charge is 2.30. The molecule has 0 bridgehead atoms. The van der Waals surface area contributed by atoms with Crippen molar-refractivity contribution in [3.63, 3.8) is 0 Å². The van der Waals surface area contributed by atoms with E-state index in [1.165, 1.54) is 11.3 Å². The Bertz CT molecular complexity index is 2860. The van der Waals surface area contributed by atoms with Crippen molar-refractivity contribution in [2.75, 3.05) is 139 Å². The van der Waals surface area contributed by atoms with Gasteiger partial charge < -0.3 is 60.2 Å². The summed E-state index contributed by atoms with van der Waals surface area (Å²) in [5, 5.41) is 16.1. The Balaban J connectivity index is 0.795. The van der Waals surface area contributed by atoms with E-state index in [0.29, 0.717) is 52.8 Å². The molecule has 0 saturated carbocycles. The molecule has 0 unspecified atom stereocenters. The third-order valence-electron chi connectivity index (χ3n) is 14.4. The van der Waals surface area contributed by atoms with E-state index in [4.69, 9.17) is 65.4 Å². The zero-order valence-corrected chi connectivity index (χ0v) is 54.0. The maximum Gasteiger partial charge on any atom is 0.317 e. The second kappa shape index (κ2) is 36.8. The van der Waals surface area contributed by atoms with E-state index < -0.39 is 32.1 Å². The van der Waals surface area contributed by atoms with Crippen molar-refractivity contribution < 1.29 is 50.2 Å². The molecule has 0 saturated heterocycles. The van der Waals surface area contributed by atoms with Crippen molar-refractivity contribution in [3.8, 4) is 0 Å². The number of likely N-dealkylation sites (N-methyl/N-ethyl adjacent to an activating group) is 2. The van der Waals surface area contributed by atoms with Gasteiger partial charge in [0.15, 0.2) is 0 Å². The number of nitrogens with one attached hydrogen (secondary N) is 7. The fraction of sp³-hybridized carbons (Fsp3) is 0.542. The van der Waals surface area contributed by atoms with Gasteiger partial charge in [0.05, 0.1) is 62.6 Å². The summed E-state index contributed by atoms with van der Waals surface area (Å²) < 4.78 is 80.5. The number of hydrogen-bond donors (Lipinski definition) is 7. The molecule has 2 heterocycles. The number of ether oxygens (including phenoxy) is 4. The maximum atomic E-state index is 13.2. The lowest BCUT2D eigenvalue weighted by molar-refractivity contribution is 0.0516. The molecule has 2 atom stereocenters. The molecule has 0 aromatic heterocycles. The summed E-state index contributed by atoms with van der Waals surface area (Å²) in [5.41, 5.74) is 5.61. The van der Waals surface area contributed by atoms with Crippen molar-refractivity contribution in [2.24, 2.45) is 0 Å². The van der Waals surface area contributed by atoms with Crippen molar-refractivity contribution >= 4 is 84.5 Å². The van der Waals surface area contributed by atoms with Crippen LogP contribution in [-0.4, -0.2) is 189 Å². The van der Waals surface area contributed by atoms with Crippen LogP contribution in [0.3, 0.4) is 0 Å². The van der Waals surface area contributed by atoms with Gasteiger partial charge in [0, 0.05) is 117 Å². The van der Waals surface area contributed by atoms with Gasteiger partial charge >= 0.3 is 18.1 Å². The molecule has 0 spiro atoms. The minimum atomic E-state index is -3.83. The van der Waals surface area contributed by atoms with E-state index >= 15 is 0 Å². The minimum absolute atomic E-state index is 0.0537. The topological polar surface area (TPSA) is 250 Å². The van der Waals surface area contributed by atoms with Crippen LogP contribution in [0, 0.1) is 0 Å². The number of fused-ring (bicyclic) bond motifs is 2. The Morgan fingerprint density at radius 2 is 0.919 bits per heavy atom. The molecule has 21 nitrogen and oxygen atoms in total. The molecule has 6 rings (SSSR count). The van der Waals surface area contributed by atoms with Crippen LogP contribution in [0.2, 0.25) is 20.1 Å². The quantitative estimate of drug-likeness (QED) is 0.0214. The highest BCUT2D eigenvalue weighted by molar-refractivity contribution is 7.89. The number of nitrogens with zero attached hydrogens (tertiary/aromatic N) is 3. The molecule has 2 aliphatic rings. The lowest BCUT2D eigenvalue weighted by Crippen LogP contribution is -2.49. The van der Waals surface area contributed by atoms with E-state index in [1.54, 1.807) is 48.5 Å². The fourth-order valence-corrected chi connectivity index (χ4v) is 13.4. The van der Waals surface area contributed by atoms with Crippen LogP contribution < -0.4 is 36.0 Å². The summed E-state index contributed by atoms with van der Waals surface area (Å²) in [7, 11) is -3.66. The van der Waals surface area contributed by atoms with Crippen LogP contribution >= 0.6 is 46.4 Å². The average Bonchev–Trinajstić information content (AvgIpc) is 0.979. The van der Waals surface area contributed by atoms with Gasteiger partial charge in [-0.15, -0.1) is 0 Å². The van der Waals surface area contributed by atoms with Crippen molar-refractivity contribution in [3.05, 3.63) is 126 Å². The number of hydrogen-bond acceptors (Lipinski definition) is 13. The summed E-state index contributed by atoms with van der Waals surface area (Å²) in [6, 6.07) is 19.8. The van der Waals surface area contributed by atoms with Crippen molar-refractivity contribution in [2.45, 2.75) is 80.2 Å². The first-order chi connectivity index (χ1) is 41.3. The van der Waals surface area contributed by atoms with Crippen LogP contribution in [0.15, 0.2) is 82.6 Å². The third-order valence-corrected chi connectivity index (χ3v) is 18.5. The van der Waals surface area contributed by atoms with Gasteiger partial charge in [0.25, 0.3) is 0 Å². The Hall–Kier alpha value is -4.57. The summed E-state index contributed by atoms with van der Waals surface area (Å²) in [6.07, 6.45) is 6.44. The highest BCUT2D eigenvalue weighted by Crippen LogP contribution is 2.40. The van der Waals surface area contributed by atoms with Crippen LogP contribution in [0.4, 0.5) is 14.4 Å². The van der Waals surface area contributed by atoms with Gasteiger partial charge in [-0.25, -0.2) is 40.7 Å². The smallest absolute Gasteiger partial charge is 0.317 e. The number of carbonyl (C=O) groups is 3. The first kappa shape index (κ1) is 70.5. The van der Waals surface area contributed by atoms with Gasteiger partial charge in [-0.3, -0.25) is 0 Å². The number of amides is 6. The van der Waals surface area contributed by atoms with Gasteiger partial charge in [0.2, 0.25) is 20.0 Å². The molecule has 7 N–H and O–H groups in total. The molecule has 27 heteroatoms. The van der Waals surface area contributed by atoms with Gasteiger partial charge in [0.1, 0.15) is 0 Å². The van der Waals surface area contributed by atoms with E-state index in [-0.39, 0.29) is 133 Å². The summed E-state index contributed by atoms with van der Waals surface area (Å²) >= 11 is 25.8. The summed E-state index contributed by atoms with van der Waals surface area (Å²) in [5.74, 6) is -0.223. The first-order valence-corrected chi connectivity index (χ1v) is 33.7.